The first-order valence-corrected chi connectivity index (χ1v) is 8.22. The minimum Gasteiger partial charge on any atom is -0.481 e. The zero-order chi connectivity index (χ0) is 15.1. The number of piperidine rings is 3. The second-order valence-electron chi connectivity index (χ2n) is 7.41. The van der Waals surface area contributed by atoms with E-state index >= 15 is 0 Å². The average molecular weight is 304 g/mol. The van der Waals surface area contributed by atoms with Gasteiger partial charge in [-0.3, -0.25) is 9.59 Å². The summed E-state index contributed by atoms with van der Waals surface area (Å²) in [6, 6.07) is 0.237. The highest BCUT2D eigenvalue weighted by molar-refractivity contribution is 5.91. The van der Waals surface area contributed by atoms with Crippen LogP contribution in [0.4, 0.5) is 0 Å². The van der Waals surface area contributed by atoms with E-state index in [1.165, 1.54) is 0 Å². The molecule has 0 unspecified atom stereocenters. The van der Waals surface area contributed by atoms with Crippen molar-refractivity contribution in [3.63, 3.8) is 0 Å². The molecular formula is C16H20N2O4. The number of fused-ring (bicyclic) bond motifs is 4. The molecule has 5 saturated heterocycles. The van der Waals surface area contributed by atoms with Gasteiger partial charge in [0.1, 0.15) is 11.5 Å². The molecule has 6 aliphatic heterocycles. The van der Waals surface area contributed by atoms with Gasteiger partial charge in [0.25, 0.3) is 0 Å². The zero-order valence-corrected chi connectivity index (χ0v) is 12.4. The third-order valence-electron chi connectivity index (χ3n) is 6.44. The van der Waals surface area contributed by atoms with Crippen LogP contribution in [0.25, 0.3) is 0 Å². The summed E-state index contributed by atoms with van der Waals surface area (Å²) in [5.74, 6) is -1.60. The van der Waals surface area contributed by atoms with Crippen molar-refractivity contribution in [1.82, 2.24) is 9.80 Å². The molecule has 0 aromatic rings. The van der Waals surface area contributed by atoms with E-state index < -0.39 is 29.5 Å². The zero-order valence-electron chi connectivity index (χ0n) is 12.4. The van der Waals surface area contributed by atoms with Gasteiger partial charge in [-0.05, 0) is 31.8 Å². The smallest absolute Gasteiger partial charge is 0.310 e. The Kier molecular flexibility index (Phi) is 2.45. The maximum atomic E-state index is 13.0. The van der Waals surface area contributed by atoms with Gasteiger partial charge in [-0.15, -0.1) is 0 Å². The molecule has 6 aliphatic rings. The van der Waals surface area contributed by atoms with Crippen molar-refractivity contribution in [3.05, 3.63) is 12.2 Å². The Morgan fingerprint density at radius 3 is 2.77 bits per heavy atom. The second kappa shape index (κ2) is 4.11. The third-order valence-corrected chi connectivity index (χ3v) is 6.44. The summed E-state index contributed by atoms with van der Waals surface area (Å²) in [5, 5.41) is 9.51. The highest BCUT2D eigenvalue weighted by atomic mass is 16.5. The number of aliphatic carboxylic acids is 1. The summed E-state index contributed by atoms with van der Waals surface area (Å²) in [7, 11) is 0. The molecule has 1 N–H and O–H groups in total. The van der Waals surface area contributed by atoms with Gasteiger partial charge >= 0.3 is 5.97 Å². The predicted molar refractivity (Wildman–Crippen MR) is 76.0 cm³/mol. The lowest BCUT2D eigenvalue weighted by Crippen LogP contribution is -2.58. The Hall–Kier alpha value is -1.40. The first kappa shape index (κ1) is 13.1. The van der Waals surface area contributed by atoms with Gasteiger partial charge in [0, 0.05) is 12.6 Å². The maximum absolute atomic E-state index is 13.0. The average Bonchev–Trinajstić information content (AvgIpc) is 3.16. The molecule has 5 fully saturated rings. The van der Waals surface area contributed by atoms with Gasteiger partial charge < -0.3 is 19.6 Å². The number of ether oxygens (including phenoxy) is 1. The molecule has 5 atom stereocenters. The highest BCUT2D eigenvalue weighted by Crippen LogP contribution is 2.53. The summed E-state index contributed by atoms with van der Waals surface area (Å²) in [5.41, 5.74) is -0.684. The summed E-state index contributed by atoms with van der Waals surface area (Å²) in [6.45, 7) is 3.73. The number of likely N-dealkylation sites (tertiary alicyclic amines) is 1. The van der Waals surface area contributed by atoms with Crippen LogP contribution in [0.15, 0.2) is 12.2 Å². The molecule has 22 heavy (non-hydrogen) atoms. The van der Waals surface area contributed by atoms with E-state index in [9.17, 15) is 14.7 Å². The van der Waals surface area contributed by atoms with E-state index in [0.717, 1.165) is 32.5 Å². The molecule has 6 heteroatoms. The van der Waals surface area contributed by atoms with Crippen molar-refractivity contribution < 1.29 is 19.4 Å². The number of carbonyl (C=O) groups excluding carboxylic acids is 1. The molecule has 0 aromatic carbocycles. The number of amides is 1. The van der Waals surface area contributed by atoms with Crippen LogP contribution < -0.4 is 0 Å². The van der Waals surface area contributed by atoms with E-state index in [4.69, 9.17) is 4.74 Å². The Bertz CT molecular complexity index is 583. The molecule has 1 spiro atoms. The Morgan fingerprint density at radius 2 is 2.14 bits per heavy atom. The topological polar surface area (TPSA) is 70.1 Å². The van der Waals surface area contributed by atoms with Crippen LogP contribution in [0.1, 0.15) is 12.8 Å². The van der Waals surface area contributed by atoms with E-state index in [1.807, 2.05) is 17.1 Å². The normalized spacial score (nSPS) is 51.6. The summed E-state index contributed by atoms with van der Waals surface area (Å²) >= 11 is 0. The van der Waals surface area contributed by atoms with Crippen LogP contribution in [0.3, 0.4) is 0 Å². The lowest BCUT2D eigenvalue weighted by atomic mass is 9.77. The van der Waals surface area contributed by atoms with E-state index in [1.54, 1.807) is 0 Å². The minimum absolute atomic E-state index is 0.00185. The molecule has 0 aliphatic carbocycles. The quantitative estimate of drug-likeness (QED) is 0.724. The van der Waals surface area contributed by atoms with Crippen LogP contribution >= 0.6 is 0 Å². The highest BCUT2D eigenvalue weighted by Gasteiger charge is 2.68. The molecule has 1 amide bonds. The van der Waals surface area contributed by atoms with Crippen LogP contribution in [-0.4, -0.2) is 70.7 Å². The maximum Gasteiger partial charge on any atom is 0.310 e. The van der Waals surface area contributed by atoms with Gasteiger partial charge in [-0.25, -0.2) is 0 Å². The Morgan fingerprint density at radius 1 is 1.36 bits per heavy atom. The largest absolute Gasteiger partial charge is 0.481 e. The monoisotopic (exact) mass is 304 g/mol. The van der Waals surface area contributed by atoms with Crippen molar-refractivity contribution in [2.45, 2.75) is 30.6 Å². The SMILES string of the molecule is O=C(O)[C@H]1[C@H]2C(=O)N([C@H]3CN4CCC3CC4)C[C@@]23C=C[C@H]1O3. The number of hydrogen-bond acceptors (Lipinski definition) is 4. The Balaban J connectivity index is 1.48. The van der Waals surface area contributed by atoms with Crippen LogP contribution in [0.5, 0.6) is 0 Å². The number of hydrogen-bond donors (Lipinski definition) is 1. The van der Waals surface area contributed by atoms with Crippen LogP contribution in [0, 0.1) is 17.8 Å². The van der Waals surface area contributed by atoms with Crippen molar-refractivity contribution in [1.29, 1.82) is 0 Å². The molecule has 0 aromatic heterocycles. The molecule has 6 nitrogen and oxygen atoms in total. The number of carboxylic acids is 1. The number of carboxylic acid groups (broad SMARTS) is 1. The molecule has 4 bridgehead atoms. The fourth-order valence-electron chi connectivity index (χ4n) is 5.38. The molecular weight excluding hydrogens is 284 g/mol. The number of carbonyl (C=O) groups is 2. The first-order valence-electron chi connectivity index (χ1n) is 8.22. The van der Waals surface area contributed by atoms with Gasteiger partial charge in [0.05, 0.1) is 18.6 Å². The fourth-order valence-corrected chi connectivity index (χ4v) is 5.38. The van der Waals surface area contributed by atoms with Crippen molar-refractivity contribution >= 4 is 11.9 Å². The lowest BCUT2D eigenvalue weighted by molar-refractivity contribution is -0.149. The summed E-state index contributed by atoms with van der Waals surface area (Å²) in [6.07, 6.45) is 5.64. The molecule has 0 saturated carbocycles. The summed E-state index contributed by atoms with van der Waals surface area (Å²) in [4.78, 5) is 29.0. The van der Waals surface area contributed by atoms with Crippen molar-refractivity contribution in [2.24, 2.45) is 17.8 Å². The Labute approximate surface area is 128 Å². The minimum atomic E-state index is -0.912. The molecule has 6 heterocycles. The van der Waals surface area contributed by atoms with Gasteiger partial charge in [0.2, 0.25) is 5.91 Å². The van der Waals surface area contributed by atoms with Gasteiger partial charge in [-0.2, -0.15) is 0 Å². The van der Waals surface area contributed by atoms with Crippen LogP contribution in [-0.2, 0) is 14.3 Å². The predicted octanol–water partition coefficient (Wildman–Crippen LogP) is -0.0528. The van der Waals surface area contributed by atoms with Crippen molar-refractivity contribution in [3.8, 4) is 0 Å². The molecule has 6 rings (SSSR count). The standard InChI is InChI=1S/C16H20N2O4/c19-14-13-12(15(20)21)11-1-4-16(13,22-11)8-18(14)10-7-17-5-2-9(10)3-6-17/h1,4,9-13H,2-3,5-8H2,(H,20,21)/t10-,11+,12+,13-,16-/m0/s1. The van der Waals surface area contributed by atoms with Gasteiger partial charge in [0.15, 0.2) is 0 Å². The third kappa shape index (κ3) is 1.47. The van der Waals surface area contributed by atoms with Gasteiger partial charge in [-0.1, -0.05) is 12.2 Å². The first-order chi connectivity index (χ1) is 10.6. The van der Waals surface area contributed by atoms with Crippen molar-refractivity contribution in [2.75, 3.05) is 26.2 Å². The lowest BCUT2D eigenvalue weighted by Gasteiger charge is -2.48. The van der Waals surface area contributed by atoms with E-state index in [0.29, 0.717) is 12.5 Å². The fraction of sp³-hybridized carbons (Fsp3) is 0.750. The summed E-state index contributed by atoms with van der Waals surface area (Å²) < 4.78 is 5.96. The number of nitrogens with zero attached hydrogens (tertiary/aromatic N) is 2. The van der Waals surface area contributed by atoms with E-state index in [2.05, 4.69) is 4.90 Å². The second-order valence-corrected chi connectivity index (χ2v) is 7.41. The molecule has 0 radical (unpaired) electrons. The van der Waals surface area contributed by atoms with E-state index in [-0.39, 0.29) is 11.9 Å². The molecule has 118 valence electrons. The van der Waals surface area contributed by atoms with Crippen LogP contribution in [0.2, 0.25) is 0 Å². The number of rotatable bonds is 2.